The molecule has 0 fully saturated rings. The number of aryl methyl sites for hydroxylation is 3. The lowest BCUT2D eigenvalue weighted by atomic mass is 10.0. The van der Waals surface area contributed by atoms with Crippen molar-refractivity contribution < 1.29 is 4.79 Å². The third-order valence-electron chi connectivity index (χ3n) is 5.71. The number of carbonyl (C=O) groups is 1. The first-order chi connectivity index (χ1) is 15.2. The number of amides is 1. The minimum absolute atomic E-state index is 0.0170. The molecule has 0 radical (unpaired) electrons. The molecule has 31 heavy (non-hydrogen) atoms. The van der Waals surface area contributed by atoms with E-state index in [0.717, 1.165) is 58.7 Å². The van der Waals surface area contributed by atoms with Crippen LogP contribution in [0.2, 0.25) is 5.02 Å². The number of nitrogens with zero attached hydrogens (tertiary/aromatic N) is 2. The highest BCUT2D eigenvalue weighted by Gasteiger charge is 2.17. The van der Waals surface area contributed by atoms with Crippen molar-refractivity contribution in [3.8, 4) is 11.4 Å². The lowest BCUT2D eigenvalue weighted by Gasteiger charge is -2.06. The summed E-state index contributed by atoms with van der Waals surface area (Å²) in [5, 5.41) is 5.52. The largest absolute Gasteiger partial charge is 0.353 e. The van der Waals surface area contributed by atoms with Crippen LogP contribution in [0.25, 0.3) is 22.3 Å². The molecule has 0 spiro atoms. The number of pyridine rings is 1. The highest BCUT2D eigenvalue weighted by molar-refractivity contribution is 7.15. The van der Waals surface area contributed by atoms with Gasteiger partial charge in [0.2, 0.25) is 5.91 Å². The highest BCUT2D eigenvalue weighted by atomic mass is 35.5. The van der Waals surface area contributed by atoms with Gasteiger partial charge in [0.1, 0.15) is 0 Å². The molecule has 1 aliphatic rings. The number of anilines is 1. The minimum atomic E-state index is 0.0170. The number of hydrogen-bond donors (Lipinski definition) is 2. The Kier molecular flexibility index (Phi) is 5.74. The first-order valence-electron chi connectivity index (χ1n) is 10.7. The second-order valence-electron chi connectivity index (χ2n) is 7.88. The van der Waals surface area contributed by atoms with Gasteiger partial charge in [0, 0.05) is 33.4 Å². The minimum Gasteiger partial charge on any atom is -0.353 e. The fourth-order valence-electron chi connectivity index (χ4n) is 4.22. The molecule has 0 saturated heterocycles. The van der Waals surface area contributed by atoms with Crippen molar-refractivity contribution in [3.05, 3.63) is 63.8 Å². The molecule has 1 amide bonds. The second-order valence-corrected chi connectivity index (χ2v) is 9.40. The maximum Gasteiger partial charge on any atom is 0.226 e. The van der Waals surface area contributed by atoms with E-state index in [1.807, 2.05) is 36.4 Å². The molecular weight excluding hydrogens is 428 g/mol. The molecule has 2 N–H and O–H groups in total. The Morgan fingerprint density at radius 2 is 2.10 bits per heavy atom. The number of halogens is 1. The molecule has 158 valence electrons. The van der Waals surface area contributed by atoms with Crippen molar-refractivity contribution in [2.24, 2.45) is 0 Å². The number of benzene rings is 1. The predicted octanol–water partition coefficient (Wildman–Crippen LogP) is 6.18. The molecule has 1 aromatic carbocycles. The SMILES string of the molecule is O=C(CCCc1c(-c2ccccn2)[nH]c2ccc(Cl)cc12)Nc1nc2c(s1)CCCC2. The van der Waals surface area contributed by atoms with Gasteiger partial charge in [0.25, 0.3) is 0 Å². The van der Waals surface area contributed by atoms with E-state index in [4.69, 9.17) is 11.6 Å². The van der Waals surface area contributed by atoms with Gasteiger partial charge >= 0.3 is 0 Å². The number of aromatic nitrogens is 3. The number of rotatable bonds is 6. The number of carbonyl (C=O) groups excluding carboxylic acids is 1. The smallest absolute Gasteiger partial charge is 0.226 e. The Morgan fingerprint density at radius 1 is 1.19 bits per heavy atom. The van der Waals surface area contributed by atoms with E-state index >= 15 is 0 Å². The number of aromatic amines is 1. The normalized spacial score (nSPS) is 13.3. The second kappa shape index (κ2) is 8.81. The molecule has 0 aliphatic heterocycles. The molecule has 4 aromatic rings. The van der Waals surface area contributed by atoms with Crippen LogP contribution in [0.1, 0.15) is 41.8 Å². The van der Waals surface area contributed by atoms with Gasteiger partial charge in [-0.15, -0.1) is 11.3 Å². The van der Waals surface area contributed by atoms with Gasteiger partial charge in [-0.05, 0) is 74.4 Å². The van der Waals surface area contributed by atoms with E-state index in [1.54, 1.807) is 17.5 Å². The summed E-state index contributed by atoms with van der Waals surface area (Å²) in [5.41, 5.74) is 5.22. The van der Waals surface area contributed by atoms with Crippen LogP contribution in [-0.2, 0) is 24.1 Å². The number of H-pyrrole nitrogens is 1. The average molecular weight is 451 g/mol. The van der Waals surface area contributed by atoms with Crippen LogP contribution < -0.4 is 5.32 Å². The van der Waals surface area contributed by atoms with Gasteiger partial charge in [0.15, 0.2) is 5.13 Å². The Morgan fingerprint density at radius 3 is 2.94 bits per heavy atom. The lowest BCUT2D eigenvalue weighted by Crippen LogP contribution is -2.11. The van der Waals surface area contributed by atoms with Crippen LogP contribution in [0.5, 0.6) is 0 Å². The average Bonchev–Trinajstić information content (AvgIpc) is 3.35. The zero-order valence-corrected chi connectivity index (χ0v) is 18.7. The molecule has 0 saturated carbocycles. The van der Waals surface area contributed by atoms with Crippen LogP contribution >= 0.6 is 22.9 Å². The van der Waals surface area contributed by atoms with Gasteiger partial charge < -0.3 is 10.3 Å². The van der Waals surface area contributed by atoms with Crippen molar-refractivity contribution in [1.29, 1.82) is 0 Å². The van der Waals surface area contributed by atoms with Crippen LogP contribution in [0.15, 0.2) is 42.6 Å². The topological polar surface area (TPSA) is 70.7 Å². The molecular formula is C24H23ClN4OS. The van der Waals surface area contributed by atoms with Crippen molar-refractivity contribution in [2.75, 3.05) is 5.32 Å². The molecule has 3 heterocycles. The van der Waals surface area contributed by atoms with Gasteiger partial charge in [-0.2, -0.15) is 0 Å². The summed E-state index contributed by atoms with van der Waals surface area (Å²) in [6.45, 7) is 0. The van der Waals surface area contributed by atoms with Crippen molar-refractivity contribution in [3.63, 3.8) is 0 Å². The number of hydrogen-bond acceptors (Lipinski definition) is 4. The summed E-state index contributed by atoms with van der Waals surface area (Å²) in [5.74, 6) is 0.0170. The van der Waals surface area contributed by atoms with Crippen LogP contribution in [0.3, 0.4) is 0 Å². The molecule has 1 aliphatic carbocycles. The predicted molar refractivity (Wildman–Crippen MR) is 127 cm³/mol. The zero-order chi connectivity index (χ0) is 21.2. The van der Waals surface area contributed by atoms with Crippen LogP contribution in [-0.4, -0.2) is 20.9 Å². The molecule has 5 rings (SSSR count). The lowest BCUT2D eigenvalue weighted by molar-refractivity contribution is -0.116. The molecule has 0 bridgehead atoms. The van der Waals surface area contributed by atoms with Gasteiger partial charge in [-0.1, -0.05) is 17.7 Å². The fraction of sp³-hybridized carbons (Fsp3) is 0.292. The monoisotopic (exact) mass is 450 g/mol. The maximum atomic E-state index is 12.5. The van der Waals surface area contributed by atoms with Crippen LogP contribution in [0.4, 0.5) is 5.13 Å². The Hall–Kier alpha value is -2.70. The quantitative estimate of drug-likeness (QED) is 0.368. The number of fused-ring (bicyclic) bond motifs is 2. The summed E-state index contributed by atoms with van der Waals surface area (Å²) in [7, 11) is 0. The molecule has 0 atom stereocenters. The first kappa shape index (κ1) is 20.2. The molecule has 0 unspecified atom stereocenters. The zero-order valence-electron chi connectivity index (χ0n) is 17.1. The summed E-state index contributed by atoms with van der Waals surface area (Å²) in [4.78, 5) is 26.5. The maximum absolute atomic E-state index is 12.5. The van der Waals surface area contributed by atoms with Crippen molar-refractivity contribution >= 4 is 44.9 Å². The van der Waals surface area contributed by atoms with Crippen molar-refractivity contribution in [2.45, 2.75) is 44.9 Å². The Labute approximate surface area is 189 Å². The van der Waals surface area contributed by atoms with E-state index in [2.05, 4.69) is 20.3 Å². The van der Waals surface area contributed by atoms with E-state index < -0.39 is 0 Å². The van der Waals surface area contributed by atoms with Gasteiger partial charge in [-0.25, -0.2) is 4.98 Å². The van der Waals surface area contributed by atoms with Crippen LogP contribution in [0, 0.1) is 0 Å². The molecule has 5 nitrogen and oxygen atoms in total. The fourth-order valence-corrected chi connectivity index (χ4v) is 5.46. The Balaban J connectivity index is 1.30. The summed E-state index contributed by atoms with van der Waals surface area (Å²) < 4.78 is 0. The van der Waals surface area contributed by atoms with E-state index in [-0.39, 0.29) is 5.91 Å². The summed E-state index contributed by atoms with van der Waals surface area (Å²) in [6.07, 6.45) is 8.25. The van der Waals surface area contributed by atoms with Gasteiger partial charge in [-0.3, -0.25) is 9.78 Å². The molecule has 3 aromatic heterocycles. The van der Waals surface area contributed by atoms with E-state index in [0.29, 0.717) is 11.4 Å². The molecule has 7 heteroatoms. The highest BCUT2D eigenvalue weighted by Crippen LogP contribution is 2.33. The first-order valence-corrected chi connectivity index (χ1v) is 11.9. The summed E-state index contributed by atoms with van der Waals surface area (Å²) >= 11 is 7.89. The van der Waals surface area contributed by atoms with E-state index in [9.17, 15) is 4.79 Å². The van der Waals surface area contributed by atoms with E-state index in [1.165, 1.54) is 23.4 Å². The van der Waals surface area contributed by atoms with Crippen molar-refractivity contribution in [1.82, 2.24) is 15.0 Å². The van der Waals surface area contributed by atoms with Gasteiger partial charge in [0.05, 0.1) is 17.1 Å². The Bertz CT molecular complexity index is 1210. The third-order valence-corrected chi connectivity index (χ3v) is 7.02. The summed E-state index contributed by atoms with van der Waals surface area (Å²) in [6, 6.07) is 11.7. The number of nitrogens with one attached hydrogen (secondary N) is 2. The number of thiazole rings is 1. The third kappa shape index (κ3) is 4.36. The standard InChI is InChI=1S/C24H23ClN4OS/c25-15-11-12-18-17(14-15)16(23(27-18)20-8-3-4-13-26-20)6-5-10-22(30)29-24-28-19-7-1-2-9-21(19)31-24/h3-4,8,11-14,27H,1-2,5-7,9-10H2,(H,28,29,30).